The summed E-state index contributed by atoms with van der Waals surface area (Å²) in [5.41, 5.74) is -1.06. The Labute approximate surface area is 109 Å². The van der Waals surface area contributed by atoms with Gasteiger partial charge in [0.1, 0.15) is 0 Å². The minimum atomic E-state index is -0.543. The summed E-state index contributed by atoms with van der Waals surface area (Å²) in [7, 11) is 1.58. The molecule has 0 aromatic carbocycles. The molecule has 2 N–H and O–H groups in total. The van der Waals surface area contributed by atoms with Gasteiger partial charge in [-0.25, -0.2) is 9.80 Å². The van der Waals surface area contributed by atoms with Gasteiger partial charge in [-0.1, -0.05) is 13.3 Å². The summed E-state index contributed by atoms with van der Waals surface area (Å²) in [4.78, 5) is 26.7. The zero-order valence-electron chi connectivity index (χ0n) is 11.2. The molecular weight excluding hydrogens is 250 g/mol. The van der Waals surface area contributed by atoms with Crippen LogP contribution in [0.25, 0.3) is 0 Å². The molecule has 1 aromatic heterocycles. The Bertz CT molecular complexity index is 630. The molecule has 1 atom stereocenters. The van der Waals surface area contributed by atoms with Gasteiger partial charge in [0.15, 0.2) is 5.82 Å². The normalized spacial score (nSPS) is 18.2. The van der Waals surface area contributed by atoms with Crippen LogP contribution in [0.3, 0.4) is 0 Å². The van der Waals surface area contributed by atoms with Crippen molar-refractivity contribution in [3.8, 4) is 0 Å². The maximum atomic E-state index is 12.3. The second-order valence-electron chi connectivity index (χ2n) is 4.50. The van der Waals surface area contributed by atoms with E-state index in [1.54, 1.807) is 14.0 Å². The number of nitrogens with one attached hydrogen (secondary N) is 2. The molecular formula is C11H17N5O3. The first-order chi connectivity index (χ1) is 8.97. The van der Waals surface area contributed by atoms with Crippen LogP contribution in [0, 0.1) is 5.21 Å². The number of rotatable bonds is 3. The van der Waals surface area contributed by atoms with Crippen molar-refractivity contribution in [1.29, 1.82) is 0 Å². The molecule has 2 heterocycles. The average Bonchev–Trinajstić information content (AvgIpc) is 2.35. The Hall–Kier alpha value is -1.93. The molecule has 0 spiro atoms. The molecule has 104 valence electrons. The van der Waals surface area contributed by atoms with Gasteiger partial charge in [0.2, 0.25) is 11.5 Å². The van der Waals surface area contributed by atoms with Crippen molar-refractivity contribution in [2.45, 2.75) is 33.2 Å². The number of fused-ring (bicyclic) bond motifs is 1. The maximum Gasteiger partial charge on any atom is 0.330 e. The summed E-state index contributed by atoms with van der Waals surface area (Å²) >= 11 is 0. The van der Waals surface area contributed by atoms with E-state index < -0.39 is 16.3 Å². The molecule has 8 nitrogen and oxygen atoms in total. The molecule has 0 aliphatic carbocycles. The lowest BCUT2D eigenvalue weighted by molar-refractivity contribution is -0.670. The lowest BCUT2D eigenvalue weighted by Gasteiger charge is -2.29. The minimum absolute atomic E-state index is 0.00861. The lowest BCUT2D eigenvalue weighted by Crippen LogP contribution is -3.06. The molecule has 1 unspecified atom stereocenters. The summed E-state index contributed by atoms with van der Waals surface area (Å²) in [6.07, 6.45) is 1.57. The number of quaternary nitrogens is 1. The third kappa shape index (κ3) is 2.20. The third-order valence-corrected chi connectivity index (χ3v) is 3.08. The van der Waals surface area contributed by atoms with Crippen molar-refractivity contribution in [3.63, 3.8) is 0 Å². The Morgan fingerprint density at radius 1 is 1.42 bits per heavy atom. The number of hydrogen-bond acceptors (Lipinski definition) is 5. The van der Waals surface area contributed by atoms with E-state index in [2.05, 4.69) is 10.1 Å². The van der Waals surface area contributed by atoms with Crippen molar-refractivity contribution < 1.29 is 5.06 Å². The Morgan fingerprint density at radius 3 is 2.74 bits per heavy atom. The largest absolute Gasteiger partial charge is 0.622 e. The van der Waals surface area contributed by atoms with Gasteiger partial charge < -0.3 is 5.21 Å². The van der Waals surface area contributed by atoms with E-state index in [-0.39, 0.29) is 17.3 Å². The Morgan fingerprint density at radius 2 is 2.11 bits per heavy atom. The first kappa shape index (κ1) is 13.5. The van der Waals surface area contributed by atoms with Crippen LogP contribution in [-0.2, 0) is 6.54 Å². The SMILES string of the molecule is CCCCn1c(=O)[nH]c2c(c1=O)[NH+]([O-])C(C)=NN2C. The second-order valence-corrected chi connectivity index (χ2v) is 4.50. The predicted octanol–water partition coefficient (Wildman–Crippen LogP) is -0.866. The summed E-state index contributed by atoms with van der Waals surface area (Å²) in [5.74, 6) is 0.402. The van der Waals surface area contributed by atoms with Gasteiger partial charge in [0, 0.05) is 20.5 Å². The molecule has 0 amide bonds. The number of hydrazone groups is 1. The fraction of sp³-hybridized carbons (Fsp3) is 0.545. The highest BCUT2D eigenvalue weighted by Crippen LogP contribution is 2.15. The molecule has 0 bridgehead atoms. The Kier molecular flexibility index (Phi) is 3.54. The minimum Gasteiger partial charge on any atom is -0.622 e. The lowest BCUT2D eigenvalue weighted by atomic mass is 10.3. The van der Waals surface area contributed by atoms with Crippen molar-refractivity contribution in [1.82, 2.24) is 9.55 Å². The number of unbranched alkanes of at least 4 members (excludes halogenated alkanes) is 1. The van der Waals surface area contributed by atoms with Gasteiger partial charge in [0.25, 0.3) is 0 Å². The fourth-order valence-corrected chi connectivity index (χ4v) is 2.03. The molecule has 0 saturated heterocycles. The quantitative estimate of drug-likeness (QED) is 0.696. The van der Waals surface area contributed by atoms with Crippen LogP contribution in [-0.4, -0.2) is 22.4 Å². The van der Waals surface area contributed by atoms with Crippen LogP contribution in [0.15, 0.2) is 14.7 Å². The van der Waals surface area contributed by atoms with Gasteiger partial charge in [0.05, 0.1) is 0 Å². The van der Waals surface area contributed by atoms with Gasteiger partial charge in [-0.15, -0.1) is 5.10 Å². The topological polar surface area (TPSA) is 98.0 Å². The van der Waals surface area contributed by atoms with Crippen LogP contribution in [0.5, 0.6) is 0 Å². The Balaban J connectivity index is 2.63. The predicted molar refractivity (Wildman–Crippen MR) is 71.7 cm³/mol. The zero-order chi connectivity index (χ0) is 14.2. The van der Waals surface area contributed by atoms with Crippen LogP contribution in [0.1, 0.15) is 26.7 Å². The van der Waals surface area contributed by atoms with Crippen LogP contribution >= 0.6 is 0 Å². The summed E-state index contributed by atoms with van der Waals surface area (Å²) in [5, 5.41) is 16.9. The standard InChI is InChI=1S/C11H17N5O3/c1-4-5-6-15-10(17)8-9(12-11(15)18)14(3)13-7(2)16(8)19/h16H,4-6H2,1-3H3,(H,12,18). The summed E-state index contributed by atoms with van der Waals surface area (Å²) in [6, 6.07) is 0. The molecule has 8 heteroatoms. The number of amidine groups is 1. The van der Waals surface area contributed by atoms with E-state index in [1.807, 2.05) is 6.92 Å². The molecule has 0 radical (unpaired) electrons. The van der Waals surface area contributed by atoms with Gasteiger partial charge in [-0.05, 0) is 6.42 Å². The zero-order valence-corrected chi connectivity index (χ0v) is 11.2. The highest BCUT2D eigenvalue weighted by Gasteiger charge is 2.28. The van der Waals surface area contributed by atoms with Gasteiger partial charge >= 0.3 is 11.2 Å². The number of hydrogen-bond donors (Lipinski definition) is 2. The third-order valence-electron chi connectivity index (χ3n) is 3.08. The molecule has 19 heavy (non-hydrogen) atoms. The van der Waals surface area contributed by atoms with Crippen molar-refractivity contribution in [3.05, 3.63) is 26.0 Å². The van der Waals surface area contributed by atoms with Gasteiger partial charge in [-0.2, -0.15) is 0 Å². The summed E-state index contributed by atoms with van der Waals surface area (Å²) in [6.45, 7) is 3.82. The smallest absolute Gasteiger partial charge is 0.330 e. The van der Waals surface area contributed by atoms with E-state index in [4.69, 9.17) is 0 Å². The number of hydroxylamine groups is 1. The molecule has 1 aromatic rings. The molecule has 2 rings (SSSR count). The molecule has 0 fully saturated rings. The molecule has 0 saturated carbocycles. The molecule has 1 aliphatic rings. The second kappa shape index (κ2) is 4.98. The van der Waals surface area contributed by atoms with Crippen LogP contribution < -0.4 is 21.3 Å². The summed E-state index contributed by atoms with van der Waals surface area (Å²) < 4.78 is 1.08. The number of aromatic amines is 1. The highest BCUT2D eigenvalue weighted by molar-refractivity contribution is 5.79. The monoisotopic (exact) mass is 267 g/mol. The molecule has 1 aliphatic heterocycles. The van der Waals surface area contributed by atoms with Gasteiger partial charge in [-0.3, -0.25) is 19.4 Å². The van der Waals surface area contributed by atoms with E-state index in [1.165, 1.54) is 5.01 Å². The van der Waals surface area contributed by atoms with E-state index in [0.717, 1.165) is 11.0 Å². The van der Waals surface area contributed by atoms with E-state index in [9.17, 15) is 14.8 Å². The van der Waals surface area contributed by atoms with Crippen molar-refractivity contribution in [2.75, 3.05) is 12.1 Å². The van der Waals surface area contributed by atoms with Crippen molar-refractivity contribution >= 4 is 17.3 Å². The van der Waals surface area contributed by atoms with E-state index in [0.29, 0.717) is 13.0 Å². The van der Waals surface area contributed by atoms with E-state index >= 15 is 0 Å². The van der Waals surface area contributed by atoms with Crippen LogP contribution in [0.4, 0.5) is 11.5 Å². The van der Waals surface area contributed by atoms with Crippen molar-refractivity contribution in [2.24, 2.45) is 5.10 Å². The number of anilines is 1. The average molecular weight is 267 g/mol. The number of nitrogens with zero attached hydrogens (tertiary/aromatic N) is 3. The highest BCUT2D eigenvalue weighted by atomic mass is 16.5. The maximum absolute atomic E-state index is 12.3. The number of H-pyrrole nitrogens is 1. The van der Waals surface area contributed by atoms with Crippen LogP contribution in [0.2, 0.25) is 0 Å². The first-order valence-corrected chi connectivity index (χ1v) is 6.18. The number of aromatic nitrogens is 2. The fourth-order valence-electron chi connectivity index (χ4n) is 2.03. The first-order valence-electron chi connectivity index (χ1n) is 6.18.